The quantitative estimate of drug-likeness (QED) is 0.0483. The number of hydrogen-bond donors (Lipinski definition) is 1. The molecule has 0 amide bonds. The monoisotopic (exact) mass is 1470 g/mol. The maximum absolute atomic E-state index is 4.28. The largest absolute Gasteiger partial charge is 0.313 e. The minimum absolute atomic E-state index is 0.589. The van der Waals surface area contributed by atoms with Crippen molar-refractivity contribution >= 4 is 0 Å². The lowest BCUT2D eigenvalue weighted by atomic mass is 10.1. The van der Waals surface area contributed by atoms with Crippen molar-refractivity contribution in [2.24, 2.45) is 0 Å². The molecule has 0 aromatic carbocycles. The Hall–Kier alpha value is -1.50. The third-order valence-electron chi connectivity index (χ3n) is 23.5. The van der Waals surface area contributed by atoms with Gasteiger partial charge in [-0.2, -0.15) is 0 Å². The zero-order valence-electron chi connectivity index (χ0n) is 73.0. The third kappa shape index (κ3) is 80.4. The lowest BCUT2D eigenvalue weighted by Gasteiger charge is -2.37. The summed E-state index contributed by atoms with van der Waals surface area (Å²) in [6.07, 6.45) is 123. The van der Waals surface area contributed by atoms with Crippen LogP contribution in [0.1, 0.15) is 490 Å². The van der Waals surface area contributed by atoms with E-state index in [-0.39, 0.29) is 0 Å². The van der Waals surface area contributed by atoms with Gasteiger partial charge >= 0.3 is 0 Å². The van der Waals surface area contributed by atoms with E-state index in [1.165, 1.54) is 541 Å². The molecule has 5 nitrogen and oxygen atoms in total. The van der Waals surface area contributed by atoms with Gasteiger partial charge in [0.05, 0.1) is 0 Å². The van der Waals surface area contributed by atoms with Crippen LogP contribution in [0.15, 0.2) is 60.8 Å². The summed E-state index contributed by atoms with van der Waals surface area (Å²) in [5, 5.41) is 4.28. The van der Waals surface area contributed by atoms with E-state index in [9.17, 15) is 0 Å². The highest BCUT2D eigenvalue weighted by atomic mass is 15.3. The molecule has 1 saturated heterocycles. The first kappa shape index (κ1) is 102. The Kier molecular flexibility index (Phi) is 86.7. The van der Waals surface area contributed by atoms with Gasteiger partial charge in [0.15, 0.2) is 0 Å². The molecular formula is C100H195N5. The van der Waals surface area contributed by atoms with Gasteiger partial charge in [0, 0.05) is 51.9 Å². The fraction of sp³-hybridized carbons (Fsp3) is 0.900. The summed E-state index contributed by atoms with van der Waals surface area (Å²) in [6.45, 7) is 28.0. The fourth-order valence-corrected chi connectivity index (χ4v) is 16.1. The molecule has 1 rings (SSSR count). The molecule has 1 aliphatic rings. The Bertz CT molecular complexity index is 1660. The fourth-order valence-electron chi connectivity index (χ4n) is 16.1. The minimum Gasteiger partial charge on any atom is -0.313 e. The molecule has 5 heteroatoms. The number of piperazine rings is 1. The molecule has 620 valence electrons. The van der Waals surface area contributed by atoms with Crippen molar-refractivity contribution in [2.45, 2.75) is 497 Å². The van der Waals surface area contributed by atoms with Crippen molar-refractivity contribution < 1.29 is 0 Å². The maximum atomic E-state index is 4.28. The van der Waals surface area contributed by atoms with Crippen LogP contribution >= 0.6 is 0 Å². The normalized spacial score (nSPS) is 13.9. The molecule has 105 heavy (non-hydrogen) atoms. The van der Waals surface area contributed by atoms with Gasteiger partial charge in [-0.1, -0.05) is 384 Å². The number of rotatable bonds is 89. The average Bonchev–Trinajstić information content (AvgIpc) is 0.926. The topological polar surface area (TPSA) is 25.0 Å². The van der Waals surface area contributed by atoms with Gasteiger partial charge in [0.25, 0.3) is 0 Å². The molecule has 1 aliphatic heterocycles. The van der Waals surface area contributed by atoms with Crippen molar-refractivity contribution in [3.63, 3.8) is 0 Å². The number of nitrogens with one attached hydrogen (secondary N) is 1. The van der Waals surface area contributed by atoms with E-state index in [4.69, 9.17) is 0 Å². The SMILES string of the molecule is CCCCCCCC/C=C\CCCCCCCCNC(CCN1CCN(CCN(CCCCCCCC/C=C\CCCCCCCC)CCCCCCCC/C=C\CCCCCCCC)CC1)CN(CCCCCCCC/C=C\CCCCCCCC)CCCCCCCC/C=C\CCCCCCCC. The smallest absolute Gasteiger partial charge is 0.0207 e. The number of unbranched alkanes of at least 4 members (excludes halogenated alkanes) is 60. The van der Waals surface area contributed by atoms with Gasteiger partial charge < -0.3 is 20.0 Å². The van der Waals surface area contributed by atoms with Crippen LogP contribution in [0.2, 0.25) is 0 Å². The van der Waals surface area contributed by atoms with Crippen LogP contribution in [0.4, 0.5) is 0 Å². The van der Waals surface area contributed by atoms with E-state index in [0.29, 0.717) is 6.04 Å². The van der Waals surface area contributed by atoms with Gasteiger partial charge in [-0.3, -0.25) is 4.90 Å². The molecule has 0 bridgehead atoms. The van der Waals surface area contributed by atoms with Crippen LogP contribution < -0.4 is 5.32 Å². The molecule has 1 heterocycles. The molecule has 1 unspecified atom stereocenters. The lowest BCUT2D eigenvalue weighted by molar-refractivity contribution is 0.112. The maximum Gasteiger partial charge on any atom is 0.0207 e. The molecule has 0 aromatic heterocycles. The molecule has 1 atom stereocenters. The van der Waals surface area contributed by atoms with Crippen LogP contribution in [0, 0.1) is 0 Å². The zero-order chi connectivity index (χ0) is 75.1. The highest BCUT2D eigenvalue weighted by molar-refractivity contribution is 4.86. The van der Waals surface area contributed by atoms with Gasteiger partial charge in [-0.15, -0.1) is 0 Å². The summed E-state index contributed by atoms with van der Waals surface area (Å²) in [6, 6.07) is 0.589. The predicted octanol–water partition coefficient (Wildman–Crippen LogP) is 31.7. The van der Waals surface area contributed by atoms with E-state index in [2.05, 4.69) is 120 Å². The molecule has 1 N–H and O–H groups in total. The number of hydrogen-bond acceptors (Lipinski definition) is 5. The molecule has 1 fully saturated rings. The van der Waals surface area contributed by atoms with Crippen molar-refractivity contribution in [2.75, 3.05) is 85.1 Å². The summed E-state index contributed by atoms with van der Waals surface area (Å²) < 4.78 is 0. The lowest BCUT2D eigenvalue weighted by Crippen LogP contribution is -2.50. The van der Waals surface area contributed by atoms with Crippen molar-refractivity contribution in [1.29, 1.82) is 0 Å². The van der Waals surface area contributed by atoms with Crippen molar-refractivity contribution in [1.82, 2.24) is 24.9 Å². The first-order chi connectivity index (χ1) is 52.2. The van der Waals surface area contributed by atoms with Gasteiger partial charge in [0.1, 0.15) is 0 Å². The van der Waals surface area contributed by atoms with Gasteiger partial charge in [0.2, 0.25) is 0 Å². The molecule has 0 radical (unpaired) electrons. The first-order valence-corrected chi connectivity index (χ1v) is 49.0. The van der Waals surface area contributed by atoms with E-state index >= 15 is 0 Å². The molecule has 0 spiro atoms. The van der Waals surface area contributed by atoms with E-state index in [1.807, 2.05) is 0 Å². The van der Waals surface area contributed by atoms with Crippen molar-refractivity contribution in [3.8, 4) is 0 Å². The van der Waals surface area contributed by atoms with Crippen LogP contribution in [0.25, 0.3) is 0 Å². The Labute approximate surface area is 663 Å². The summed E-state index contributed by atoms with van der Waals surface area (Å²) in [7, 11) is 0. The Morgan fingerprint density at radius 2 is 0.419 bits per heavy atom. The second-order valence-electron chi connectivity index (χ2n) is 34.0. The summed E-state index contributed by atoms with van der Waals surface area (Å²) in [4.78, 5) is 11.6. The molecule has 0 aliphatic carbocycles. The standard InChI is InChI=1S/C100H195N5/c1-6-11-16-21-26-31-36-41-46-51-56-61-66-71-76-81-87-101-100(99-105(90-84-79-74-69-64-59-54-49-44-39-34-29-24-19-14-9-4)91-85-80-75-70-65-60-55-50-45-40-35-30-25-20-15-10-5)86-92-103-94-97-104(98-95-103)96-93-102(88-82-77-72-67-62-57-52-47-42-37-32-27-22-17-12-7-2)89-83-78-73-68-63-58-53-48-43-38-33-28-23-18-13-8-3/h41-50,100-101H,6-40,51-99H2,1-5H3/b46-41-,47-42-,48-43-,49-44-,50-45-. The second-order valence-corrected chi connectivity index (χ2v) is 34.0. The van der Waals surface area contributed by atoms with Crippen LogP contribution in [-0.2, 0) is 0 Å². The Balaban J connectivity index is 2.91. The van der Waals surface area contributed by atoms with E-state index in [0.717, 1.165) is 0 Å². The number of allylic oxidation sites excluding steroid dienone is 10. The van der Waals surface area contributed by atoms with E-state index < -0.39 is 0 Å². The highest BCUT2D eigenvalue weighted by Gasteiger charge is 2.21. The van der Waals surface area contributed by atoms with Crippen molar-refractivity contribution in [3.05, 3.63) is 60.8 Å². The second kappa shape index (κ2) is 89.7. The zero-order valence-corrected chi connectivity index (χ0v) is 73.0. The Morgan fingerprint density at radius 1 is 0.219 bits per heavy atom. The summed E-state index contributed by atoms with van der Waals surface area (Å²) in [5.41, 5.74) is 0. The number of nitrogens with zero attached hydrogens (tertiary/aromatic N) is 4. The summed E-state index contributed by atoms with van der Waals surface area (Å²) in [5.74, 6) is 0. The summed E-state index contributed by atoms with van der Waals surface area (Å²) >= 11 is 0. The molecule has 0 aromatic rings. The van der Waals surface area contributed by atoms with Crippen LogP contribution in [-0.4, -0.2) is 111 Å². The Morgan fingerprint density at radius 3 is 0.667 bits per heavy atom. The van der Waals surface area contributed by atoms with Crippen LogP contribution in [0.3, 0.4) is 0 Å². The average molecular weight is 1470 g/mol. The first-order valence-electron chi connectivity index (χ1n) is 49.0. The van der Waals surface area contributed by atoms with Gasteiger partial charge in [-0.25, -0.2) is 0 Å². The van der Waals surface area contributed by atoms with Crippen LogP contribution in [0.5, 0.6) is 0 Å². The molecule has 0 saturated carbocycles. The van der Waals surface area contributed by atoms with E-state index in [1.54, 1.807) is 0 Å². The third-order valence-corrected chi connectivity index (χ3v) is 23.5. The van der Waals surface area contributed by atoms with Gasteiger partial charge in [-0.05, 0) is 206 Å². The molecular weight excluding hydrogens is 1270 g/mol. The predicted molar refractivity (Wildman–Crippen MR) is 479 cm³/mol. The highest BCUT2D eigenvalue weighted by Crippen LogP contribution is 2.19. The minimum atomic E-state index is 0.589.